The molecule has 0 aliphatic carbocycles. The quantitative estimate of drug-likeness (QED) is 0.400. The summed E-state index contributed by atoms with van der Waals surface area (Å²) in [7, 11) is 0. The van der Waals surface area contributed by atoms with Crippen molar-refractivity contribution >= 4 is 17.6 Å². The summed E-state index contributed by atoms with van der Waals surface area (Å²) in [5, 5.41) is 10.2. The van der Waals surface area contributed by atoms with Gasteiger partial charge in [-0.3, -0.25) is 0 Å². The Kier molecular flexibility index (Phi) is 5.89. The number of nitrogens with two attached hydrogens (primary N) is 1. The van der Waals surface area contributed by atoms with Crippen LogP contribution in [0.25, 0.3) is 0 Å². The van der Waals surface area contributed by atoms with Crippen LogP contribution >= 0.6 is 11.6 Å². The highest BCUT2D eigenvalue weighted by atomic mass is 35.5. The number of ether oxygens (including phenoxy) is 2. The topological polar surface area (TPSA) is 85.3 Å². The van der Waals surface area contributed by atoms with E-state index in [2.05, 4.69) is 32.0 Å². The summed E-state index contributed by atoms with van der Waals surface area (Å²) in [6.45, 7) is 4.26. The SMILES string of the molecule is CC(C)c1ccc(C2C(C#N)=C(N)Oc3cc(OC(=O)c4cccc(Cl)c4)ccc32)cc1. The van der Waals surface area contributed by atoms with E-state index in [0.29, 0.717) is 33.6 Å². The van der Waals surface area contributed by atoms with Crippen molar-refractivity contribution in [1.29, 1.82) is 5.26 Å². The third-order valence-electron chi connectivity index (χ3n) is 5.40. The van der Waals surface area contributed by atoms with E-state index in [9.17, 15) is 10.1 Å². The average Bonchev–Trinajstić information content (AvgIpc) is 2.78. The van der Waals surface area contributed by atoms with Crippen molar-refractivity contribution in [2.75, 3.05) is 0 Å². The van der Waals surface area contributed by atoms with Crippen LogP contribution in [0.2, 0.25) is 5.02 Å². The van der Waals surface area contributed by atoms with Crippen LogP contribution in [-0.4, -0.2) is 5.97 Å². The molecule has 0 saturated carbocycles. The van der Waals surface area contributed by atoms with Crippen LogP contribution in [0.5, 0.6) is 11.5 Å². The molecule has 0 amide bonds. The van der Waals surface area contributed by atoms with Gasteiger partial charge in [-0.25, -0.2) is 4.79 Å². The van der Waals surface area contributed by atoms with Crippen molar-refractivity contribution in [3.05, 3.63) is 105 Å². The Hall–Kier alpha value is -3.75. The fourth-order valence-electron chi connectivity index (χ4n) is 3.70. The molecule has 0 bridgehead atoms. The van der Waals surface area contributed by atoms with Crippen LogP contribution in [-0.2, 0) is 0 Å². The fraction of sp³-hybridized carbons (Fsp3) is 0.154. The first kappa shape index (κ1) is 21.5. The van der Waals surface area contributed by atoms with Gasteiger partial charge in [0.05, 0.1) is 11.5 Å². The zero-order valence-electron chi connectivity index (χ0n) is 17.6. The second kappa shape index (κ2) is 8.78. The number of nitriles is 1. The van der Waals surface area contributed by atoms with Gasteiger partial charge in [0, 0.05) is 16.7 Å². The van der Waals surface area contributed by atoms with Gasteiger partial charge in [-0.05, 0) is 41.3 Å². The van der Waals surface area contributed by atoms with Crippen LogP contribution in [0.4, 0.5) is 0 Å². The molecule has 1 atom stereocenters. The van der Waals surface area contributed by atoms with Crippen molar-refractivity contribution in [1.82, 2.24) is 0 Å². The van der Waals surface area contributed by atoms with Gasteiger partial charge in [-0.15, -0.1) is 0 Å². The van der Waals surface area contributed by atoms with E-state index in [1.54, 1.807) is 36.4 Å². The number of hydrogen-bond donors (Lipinski definition) is 1. The van der Waals surface area contributed by atoms with E-state index in [1.807, 2.05) is 12.1 Å². The molecule has 32 heavy (non-hydrogen) atoms. The van der Waals surface area contributed by atoms with E-state index in [-0.39, 0.29) is 11.8 Å². The van der Waals surface area contributed by atoms with Gasteiger partial charge in [0.1, 0.15) is 23.1 Å². The molecule has 1 heterocycles. The van der Waals surface area contributed by atoms with Crippen molar-refractivity contribution in [2.24, 2.45) is 5.73 Å². The summed E-state index contributed by atoms with van der Waals surface area (Å²) in [5.41, 5.74) is 9.68. The van der Waals surface area contributed by atoms with Crippen molar-refractivity contribution in [3.63, 3.8) is 0 Å². The number of hydrogen-bond acceptors (Lipinski definition) is 5. The molecule has 4 rings (SSSR count). The highest BCUT2D eigenvalue weighted by Crippen LogP contribution is 2.43. The zero-order valence-corrected chi connectivity index (χ0v) is 18.4. The third kappa shape index (κ3) is 4.18. The molecule has 6 heteroatoms. The number of carbonyl (C=O) groups is 1. The van der Waals surface area contributed by atoms with Crippen molar-refractivity contribution in [3.8, 4) is 17.6 Å². The number of allylic oxidation sites excluding steroid dienone is 1. The molecule has 160 valence electrons. The van der Waals surface area contributed by atoms with Crippen LogP contribution in [0.15, 0.2) is 78.2 Å². The highest BCUT2D eigenvalue weighted by Gasteiger charge is 2.31. The first-order chi connectivity index (χ1) is 15.4. The zero-order chi connectivity index (χ0) is 22.8. The van der Waals surface area contributed by atoms with Gasteiger partial charge in [-0.1, -0.05) is 61.8 Å². The Bertz CT molecular complexity index is 1260. The number of fused-ring (bicyclic) bond motifs is 1. The first-order valence-corrected chi connectivity index (χ1v) is 10.5. The Morgan fingerprint density at radius 3 is 2.53 bits per heavy atom. The lowest BCUT2D eigenvalue weighted by Gasteiger charge is -2.27. The summed E-state index contributed by atoms with van der Waals surface area (Å²) in [5.74, 6) is 0.273. The van der Waals surface area contributed by atoms with Gasteiger partial charge in [0.25, 0.3) is 0 Å². The minimum absolute atomic E-state index is 0.0382. The van der Waals surface area contributed by atoms with Crippen LogP contribution in [0, 0.1) is 11.3 Å². The standard InChI is InChI=1S/C26H21ClN2O3/c1-15(2)16-6-8-17(9-7-16)24-21-11-10-20(13-23(21)32-25(29)22(24)14-28)31-26(30)18-4-3-5-19(27)12-18/h3-13,15,24H,29H2,1-2H3. The second-order valence-corrected chi connectivity index (χ2v) is 8.28. The summed E-state index contributed by atoms with van der Waals surface area (Å²) in [6, 6.07) is 21.9. The van der Waals surface area contributed by atoms with Gasteiger partial charge in [0.2, 0.25) is 5.88 Å². The molecule has 2 N–H and O–H groups in total. The minimum atomic E-state index is -0.537. The van der Waals surface area contributed by atoms with Crippen LogP contribution < -0.4 is 15.2 Å². The summed E-state index contributed by atoms with van der Waals surface area (Å²) in [6.07, 6.45) is 0. The number of halogens is 1. The minimum Gasteiger partial charge on any atom is -0.440 e. The second-order valence-electron chi connectivity index (χ2n) is 7.85. The normalized spacial score (nSPS) is 15.0. The van der Waals surface area contributed by atoms with E-state index in [1.165, 1.54) is 11.6 Å². The summed E-state index contributed by atoms with van der Waals surface area (Å²) in [4.78, 5) is 12.5. The third-order valence-corrected chi connectivity index (χ3v) is 5.63. The molecule has 0 saturated heterocycles. The van der Waals surface area contributed by atoms with E-state index in [0.717, 1.165) is 11.1 Å². The number of carbonyl (C=O) groups excluding carboxylic acids is 1. The predicted octanol–water partition coefficient (Wildman–Crippen LogP) is 5.90. The lowest BCUT2D eigenvalue weighted by molar-refractivity contribution is 0.0734. The van der Waals surface area contributed by atoms with Gasteiger partial charge < -0.3 is 15.2 Å². The molecule has 1 aliphatic heterocycles. The Labute approximate surface area is 191 Å². The number of rotatable bonds is 4. The molecule has 0 aromatic heterocycles. The smallest absolute Gasteiger partial charge is 0.343 e. The molecule has 5 nitrogen and oxygen atoms in total. The lowest BCUT2D eigenvalue weighted by atomic mass is 9.83. The molecule has 3 aromatic rings. The first-order valence-electron chi connectivity index (χ1n) is 10.2. The van der Waals surface area contributed by atoms with E-state index in [4.69, 9.17) is 26.8 Å². The Balaban J connectivity index is 1.68. The molecule has 3 aromatic carbocycles. The molecule has 1 unspecified atom stereocenters. The summed E-state index contributed by atoms with van der Waals surface area (Å²) < 4.78 is 11.2. The number of esters is 1. The maximum atomic E-state index is 12.5. The van der Waals surface area contributed by atoms with Gasteiger partial charge >= 0.3 is 5.97 Å². The van der Waals surface area contributed by atoms with Crippen molar-refractivity contribution in [2.45, 2.75) is 25.7 Å². The molecule has 0 fully saturated rings. The molecule has 0 spiro atoms. The monoisotopic (exact) mass is 444 g/mol. The van der Waals surface area contributed by atoms with Crippen LogP contribution in [0.3, 0.4) is 0 Å². The largest absolute Gasteiger partial charge is 0.440 e. The van der Waals surface area contributed by atoms with Gasteiger partial charge in [-0.2, -0.15) is 5.26 Å². The fourth-order valence-corrected chi connectivity index (χ4v) is 3.89. The molecule has 1 aliphatic rings. The number of nitrogens with zero attached hydrogens (tertiary/aromatic N) is 1. The molecular weight excluding hydrogens is 424 g/mol. The lowest BCUT2D eigenvalue weighted by Crippen LogP contribution is -2.21. The maximum absolute atomic E-state index is 12.5. The Morgan fingerprint density at radius 1 is 1.12 bits per heavy atom. The van der Waals surface area contributed by atoms with E-state index < -0.39 is 5.97 Å². The maximum Gasteiger partial charge on any atom is 0.343 e. The van der Waals surface area contributed by atoms with Crippen molar-refractivity contribution < 1.29 is 14.3 Å². The molecular formula is C26H21ClN2O3. The highest BCUT2D eigenvalue weighted by molar-refractivity contribution is 6.30. The molecule has 0 radical (unpaired) electrons. The van der Waals surface area contributed by atoms with Gasteiger partial charge in [0.15, 0.2) is 0 Å². The van der Waals surface area contributed by atoms with Crippen LogP contribution in [0.1, 0.15) is 52.7 Å². The van der Waals surface area contributed by atoms with E-state index >= 15 is 0 Å². The summed E-state index contributed by atoms with van der Waals surface area (Å²) >= 11 is 5.96. The average molecular weight is 445 g/mol. The number of benzene rings is 3. The predicted molar refractivity (Wildman–Crippen MR) is 123 cm³/mol. The Morgan fingerprint density at radius 2 is 1.88 bits per heavy atom.